The Bertz CT molecular complexity index is 420. The van der Waals surface area contributed by atoms with Crippen LogP contribution in [0.5, 0.6) is 0 Å². The first-order valence-electron chi connectivity index (χ1n) is 5.55. The standard InChI is InChI=1S/C13H16N2O2S/c1-2-8-14-13(18)15-11(12(16)17)9-10-6-4-3-5-7-10/h2-7,11H,1,8-9H2,(H,16,17)(H2,14,15,18)/t11-/m0/s1. The van der Waals surface area contributed by atoms with E-state index in [0.29, 0.717) is 18.1 Å². The third-order valence-corrected chi connectivity index (χ3v) is 2.56. The molecule has 0 unspecified atom stereocenters. The summed E-state index contributed by atoms with van der Waals surface area (Å²) in [5, 5.41) is 15.1. The van der Waals surface area contributed by atoms with Crippen LogP contribution < -0.4 is 10.6 Å². The van der Waals surface area contributed by atoms with Crippen LogP contribution in [-0.2, 0) is 11.2 Å². The van der Waals surface area contributed by atoms with Crippen molar-refractivity contribution in [2.75, 3.05) is 6.54 Å². The summed E-state index contributed by atoms with van der Waals surface area (Å²) in [5.41, 5.74) is 0.948. The molecule has 4 nitrogen and oxygen atoms in total. The zero-order valence-electron chi connectivity index (χ0n) is 9.93. The molecular formula is C13H16N2O2S. The molecule has 0 saturated carbocycles. The van der Waals surface area contributed by atoms with Crippen LogP contribution in [0.3, 0.4) is 0 Å². The van der Waals surface area contributed by atoms with E-state index in [4.69, 9.17) is 17.3 Å². The molecule has 5 heteroatoms. The second-order valence-corrected chi connectivity index (χ2v) is 4.13. The van der Waals surface area contributed by atoms with Gasteiger partial charge in [-0.05, 0) is 17.8 Å². The number of aliphatic carboxylic acids is 1. The molecule has 96 valence electrons. The van der Waals surface area contributed by atoms with Crippen molar-refractivity contribution < 1.29 is 9.90 Å². The highest BCUT2D eigenvalue weighted by Gasteiger charge is 2.18. The molecule has 0 amide bonds. The van der Waals surface area contributed by atoms with Crippen molar-refractivity contribution in [2.24, 2.45) is 0 Å². The summed E-state index contributed by atoms with van der Waals surface area (Å²) in [7, 11) is 0. The fraction of sp³-hybridized carbons (Fsp3) is 0.231. The molecule has 0 saturated heterocycles. The minimum absolute atomic E-state index is 0.318. The molecule has 0 aliphatic rings. The van der Waals surface area contributed by atoms with Crippen molar-refractivity contribution in [2.45, 2.75) is 12.5 Å². The van der Waals surface area contributed by atoms with E-state index < -0.39 is 12.0 Å². The third kappa shape index (κ3) is 4.97. The summed E-state index contributed by atoms with van der Waals surface area (Å²) in [6, 6.07) is 8.68. The van der Waals surface area contributed by atoms with Crippen LogP contribution in [-0.4, -0.2) is 28.8 Å². The average molecular weight is 264 g/mol. The summed E-state index contributed by atoms with van der Waals surface area (Å²) >= 11 is 5.00. The Morgan fingerprint density at radius 3 is 2.67 bits per heavy atom. The summed E-state index contributed by atoms with van der Waals surface area (Å²) in [5.74, 6) is -0.929. The van der Waals surface area contributed by atoms with Gasteiger partial charge in [0.15, 0.2) is 5.11 Å². The van der Waals surface area contributed by atoms with E-state index >= 15 is 0 Å². The van der Waals surface area contributed by atoms with E-state index in [1.165, 1.54) is 0 Å². The van der Waals surface area contributed by atoms with Crippen LogP contribution in [0.4, 0.5) is 0 Å². The highest BCUT2D eigenvalue weighted by Crippen LogP contribution is 2.03. The molecule has 0 aliphatic heterocycles. The Morgan fingerprint density at radius 2 is 2.11 bits per heavy atom. The van der Waals surface area contributed by atoms with E-state index in [9.17, 15) is 4.79 Å². The minimum Gasteiger partial charge on any atom is -0.480 e. The average Bonchev–Trinajstić information content (AvgIpc) is 2.36. The van der Waals surface area contributed by atoms with Crippen molar-refractivity contribution in [3.63, 3.8) is 0 Å². The van der Waals surface area contributed by atoms with Gasteiger partial charge in [0.1, 0.15) is 6.04 Å². The maximum Gasteiger partial charge on any atom is 0.326 e. The highest BCUT2D eigenvalue weighted by molar-refractivity contribution is 7.80. The molecule has 18 heavy (non-hydrogen) atoms. The third-order valence-electron chi connectivity index (χ3n) is 2.29. The summed E-state index contributed by atoms with van der Waals surface area (Å²) < 4.78 is 0. The zero-order valence-corrected chi connectivity index (χ0v) is 10.7. The molecule has 0 aromatic heterocycles. The predicted molar refractivity (Wildman–Crippen MR) is 75.5 cm³/mol. The summed E-state index contributed by atoms with van der Waals surface area (Å²) in [4.78, 5) is 11.1. The van der Waals surface area contributed by atoms with Gasteiger partial charge >= 0.3 is 5.97 Å². The molecule has 1 rings (SSSR count). The van der Waals surface area contributed by atoms with Crippen LogP contribution in [0.2, 0.25) is 0 Å². The van der Waals surface area contributed by atoms with Crippen molar-refractivity contribution in [1.29, 1.82) is 0 Å². The number of hydrogen-bond acceptors (Lipinski definition) is 2. The smallest absolute Gasteiger partial charge is 0.326 e. The van der Waals surface area contributed by atoms with Gasteiger partial charge in [0.25, 0.3) is 0 Å². The van der Waals surface area contributed by atoms with Gasteiger partial charge in [0, 0.05) is 13.0 Å². The highest BCUT2D eigenvalue weighted by atomic mass is 32.1. The molecule has 3 N–H and O–H groups in total. The second-order valence-electron chi connectivity index (χ2n) is 3.72. The Morgan fingerprint density at radius 1 is 1.44 bits per heavy atom. The van der Waals surface area contributed by atoms with E-state index in [1.54, 1.807) is 6.08 Å². The monoisotopic (exact) mass is 264 g/mol. The molecular weight excluding hydrogens is 248 g/mol. The SMILES string of the molecule is C=CCNC(=S)N[C@@H](Cc1ccccc1)C(=O)O. The fourth-order valence-corrected chi connectivity index (χ4v) is 1.65. The van der Waals surface area contributed by atoms with Crippen molar-refractivity contribution >= 4 is 23.3 Å². The van der Waals surface area contributed by atoms with Gasteiger partial charge in [-0.2, -0.15) is 0 Å². The first kappa shape index (κ1) is 14.2. The fourth-order valence-electron chi connectivity index (χ4n) is 1.42. The van der Waals surface area contributed by atoms with Crippen LogP contribution in [0.25, 0.3) is 0 Å². The molecule has 0 heterocycles. The molecule has 0 bridgehead atoms. The summed E-state index contributed by atoms with van der Waals surface area (Å²) in [6.07, 6.45) is 2.03. The zero-order chi connectivity index (χ0) is 13.4. The number of hydrogen-bond donors (Lipinski definition) is 3. The number of carboxylic acid groups (broad SMARTS) is 1. The van der Waals surface area contributed by atoms with Gasteiger partial charge in [0.05, 0.1) is 0 Å². The second kappa shape index (κ2) is 7.45. The first-order chi connectivity index (χ1) is 8.63. The van der Waals surface area contributed by atoms with Crippen LogP contribution in [0.15, 0.2) is 43.0 Å². The van der Waals surface area contributed by atoms with Gasteiger partial charge in [-0.3, -0.25) is 0 Å². The number of benzene rings is 1. The van der Waals surface area contributed by atoms with Gasteiger partial charge in [-0.25, -0.2) is 4.79 Å². The lowest BCUT2D eigenvalue weighted by Gasteiger charge is -2.16. The quantitative estimate of drug-likeness (QED) is 0.534. The van der Waals surface area contributed by atoms with Gasteiger partial charge < -0.3 is 15.7 Å². The van der Waals surface area contributed by atoms with Crippen LogP contribution in [0.1, 0.15) is 5.56 Å². The van der Waals surface area contributed by atoms with Crippen molar-refractivity contribution in [3.05, 3.63) is 48.6 Å². The topological polar surface area (TPSA) is 61.4 Å². The number of carboxylic acids is 1. The van der Waals surface area contributed by atoms with Crippen LogP contribution in [0, 0.1) is 0 Å². The summed E-state index contributed by atoms with van der Waals surface area (Å²) in [6.45, 7) is 4.05. The first-order valence-corrected chi connectivity index (χ1v) is 5.96. The lowest BCUT2D eigenvalue weighted by Crippen LogP contribution is -2.46. The van der Waals surface area contributed by atoms with Crippen molar-refractivity contribution in [1.82, 2.24) is 10.6 Å². The lowest BCUT2D eigenvalue weighted by molar-refractivity contribution is -0.139. The number of carbonyl (C=O) groups is 1. The molecule has 0 spiro atoms. The predicted octanol–water partition coefficient (Wildman–Crippen LogP) is 1.33. The van der Waals surface area contributed by atoms with E-state index in [0.717, 1.165) is 5.56 Å². The molecule has 0 aliphatic carbocycles. The van der Waals surface area contributed by atoms with Gasteiger partial charge in [0.2, 0.25) is 0 Å². The molecule has 1 aromatic rings. The number of thiocarbonyl (C=S) groups is 1. The molecule has 1 aromatic carbocycles. The van der Waals surface area contributed by atoms with E-state index in [1.807, 2.05) is 30.3 Å². The largest absolute Gasteiger partial charge is 0.480 e. The van der Waals surface area contributed by atoms with E-state index in [2.05, 4.69) is 17.2 Å². The van der Waals surface area contributed by atoms with E-state index in [-0.39, 0.29) is 0 Å². The number of rotatable bonds is 6. The maximum atomic E-state index is 11.1. The molecule has 1 atom stereocenters. The molecule has 0 radical (unpaired) electrons. The van der Waals surface area contributed by atoms with Crippen LogP contribution >= 0.6 is 12.2 Å². The number of nitrogens with one attached hydrogen (secondary N) is 2. The lowest BCUT2D eigenvalue weighted by atomic mass is 10.1. The minimum atomic E-state index is -0.929. The van der Waals surface area contributed by atoms with Gasteiger partial charge in [-0.1, -0.05) is 36.4 Å². The Kier molecular flexibility index (Phi) is 5.87. The maximum absolute atomic E-state index is 11.1. The van der Waals surface area contributed by atoms with Crippen molar-refractivity contribution in [3.8, 4) is 0 Å². The van der Waals surface area contributed by atoms with Gasteiger partial charge in [-0.15, -0.1) is 6.58 Å². The Hall–Kier alpha value is -1.88. The normalized spacial score (nSPS) is 11.3. The Balaban J connectivity index is 2.58. The Labute approximate surface area is 112 Å². The molecule has 0 fully saturated rings.